The molecule has 0 aliphatic heterocycles. The molecular formula is C13H6. The maximum atomic E-state index is 2.99. The maximum absolute atomic E-state index is 2.99. The van der Waals surface area contributed by atoms with Crippen LogP contribution in [0.5, 0.6) is 0 Å². The van der Waals surface area contributed by atoms with Crippen molar-refractivity contribution in [2.45, 2.75) is 6.42 Å². The van der Waals surface area contributed by atoms with Crippen molar-refractivity contribution in [3.63, 3.8) is 0 Å². The molecule has 0 nitrogen and oxygen atoms in total. The van der Waals surface area contributed by atoms with Gasteiger partial charge < -0.3 is 0 Å². The summed E-state index contributed by atoms with van der Waals surface area (Å²) in [5.41, 5.74) is 2.18. The van der Waals surface area contributed by atoms with E-state index in [4.69, 9.17) is 0 Å². The first kappa shape index (κ1) is 8.06. The van der Waals surface area contributed by atoms with Crippen LogP contribution < -0.4 is 0 Å². The minimum Gasteiger partial charge on any atom is -0.0574 e. The molecule has 2 rings (SSSR count). The molecule has 0 aliphatic rings. The molecule has 0 atom stereocenters. The average molecular weight is 162 g/mol. The van der Waals surface area contributed by atoms with Gasteiger partial charge in [-0.25, -0.2) is 0 Å². The first-order valence-corrected chi connectivity index (χ1v) is 4.03. The summed E-state index contributed by atoms with van der Waals surface area (Å²) in [4.78, 5) is 0. The van der Waals surface area contributed by atoms with Crippen LogP contribution >= 0.6 is 0 Å². The largest absolute Gasteiger partial charge is 0.0574 e. The molecule has 0 saturated carbocycles. The Labute approximate surface area is 78.9 Å². The van der Waals surface area contributed by atoms with E-state index in [1.54, 1.807) is 0 Å². The molecule has 13 heavy (non-hydrogen) atoms. The normalized spacial score (nSPS) is 9.85. The van der Waals surface area contributed by atoms with Crippen LogP contribution in [0.15, 0.2) is 24.3 Å². The molecule has 0 heterocycles. The van der Waals surface area contributed by atoms with Gasteiger partial charge in [0.25, 0.3) is 0 Å². The summed E-state index contributed by atoms with van der Waals surface area (Å²) < 4.78 is 0. The third-order valence-corrected chi connectivity index (χ3v) is 1.71. The van der Waals surface area contributed by atoms with Gasteiger partial charge in [-0.3, -0.25) is 0 Å². The van der Waals surface area contributed by atoms with Gasteiger partial charge in [-0.2, -0.15) is 0 Å². The second-order valence-electron chi connectivity index (χ2n) is 2.68. The smallest absolute Gasteiger partial charge is 0.00108 e. The molecule has 0 amide bonds. The fourth-order valence-electron chi connectivity index (χ4n) is 1.10. The van der Waals surface area contributed by atoms with E-state index in [-0.39, 0.29) is 0 Å². The standard InChI is InChI=1S/C13H6/c1-3-7-12(8-4-1)11-13-9-5-2-6-10-13/h3,5,7,9H,11H2. The van der Waals surface area contributed by atoms with Crippen molar-refractivity contribution < 1.29 is 0 Å². The molecule has 0 N–H and O–H groups in total. The molecule has 2 aromatic carbocycles. The van der Waals surface area contributed by atoms with Crippen LogP contribution in [0.4, 0.5) is 0 Å². The Balaban J connectivity index is 2.16. The van der Waals surface area contributed by atoms with E-state index in [1.165, 1.54) is 0 Å². The van der Waals surface area contributed by atoms with E-state index in [0.29, 0.717) is 0 Å². The van der Waals surface area contributed by atoms with Crippen molar-refractivity contribution in [2.75, 3.05) is 0 Å². The summed E-state index contributed by atoms with van der Waals surface area (Å²) in [6.07, 6.45) is 0.816. The van der Waals surface area contributed by atoms with E-state index in [9.17, 15) is 0 Å². The quantitative estimate of drug-likeness (QED) is 0.634. The monoisotopic (exact) mass is 162 g/mol. The van der Waals surface area contributed by atoms with Crippen LogP contribution in [0.25, 0.3) is 0 Å². The van der Waals surface area contributed by atoms with Gasteiger partial charge in [0, 0.05) is 0 Å². The molecular weight excluding hydrogens is 156 g/mol. The van der Waals surface area contributed by atoms with Crippen LogP contribution in [-0.2, 0) is 6.42 Å². The predicted molar refractivity (Wildman–Crippen MR) is 48.7 cm³/mol. The summed E-state index contributed by atoms with van der Waals surface area (Å²) >= 11 is 0. The van der Waals surface area contributed by atoms with Crippen molar-refractivity contribution in [2.24, 2.45) is 0 Å². The molecule has 0 aromatic heterocycles. The van der Waals surface area contributed by atoms with E-state index >= 15 is 0 Å². The summed E-state index contributed by atoms with van der Waals surface area (Å²) in [6, 6.07) is 24.8. The number of hydrogen-bond donors (Lipinski definition) is 0. The third kappa shape index (κ3) is 2.19. The summed E-state index contributed by atoms with van der Waals surface area (Å²) in [5.74, 6) is 0. The van der Waals surface area contributed by atoms with Crippen LogP contribution in [0.2, 0.25) is 0 Å². The highest BCUT2D eigenvalue weighted by Crippen LogP contribution is 2.05. The Kier molecular flexibility index (Phi) is 2.42. The van der Waals surface area contributed by atoms with Crippen LogP contribution in [0.3, 0.4) is 0 Å². The first-order valence-electron chi connectivity index (χ1n) is 4.03. The Hall–Kier alpha value is -1.56. The minimum absolute atomic E-state index is 0.816. The van der Waals surface area contributed by atoms with Crippen molar-refractivity contribution in [1.82, 2.24) is 0 Å². The lowest BCUT2D eigenvalue weighted by Gasteiger charge is -1.98. The molecule has 0 fully saturated rings. The van der Waals surface area contributed by atoms with E-state index < -0.39 is 0 Å². The zero-order chi connectivity index (χ0) is 8.93. The molecule has 6 radical (unpaired) electrons. The van der Waals surface area contributed by atoms with Crippen molar-refractivity contribution >= 4 is 0 Å². The van der Waals surface area contributed by atoms with Gasteiger partial charge in [0.1, 0.15) is 0 Å². The molecule has 58 valence electrons. The molecule has 0 saturated heterocycles. The van der Waals surface area contributed by atoms with E-state index in [1.807, 2.05) is 24.3 Å². The second-order valence-corrected chi connectivity index (χ2v) is 2.68. The molecule has 0 bridgehead atoms. The highest BCUT2D eigenvalue weighted by molar-refractivity contribution is 5.22. The molecule has 0 heteroatoms. The molecule has 0 unspecified atom stereocenters. The first-order chi connectivity index (χ1) is 6.45. The molecule has 0 spiro atoms. The van der Waals surface area contributed by atoms with Crippen molar-refractivity contribution in [1.29, 1.82) is 0 Å². The number of benzene rings is 2. The second kappa shape index (κ2) is 3.90. The SMILES string of the molecule is [c]1[c]ccc(Cc2[c][c][c]cc2)[c]1. The van der Waals surface area contributed by atoms with Crippen LogP contribution in [-0.4, -0.2) is 0 Å². The lowest BCUT2D eigenvalue weighted by Crippen LogP contribution is -1.87. The Bertz CT molecular complexity index is 311. The van der Waals surface area contributed by atoms with Gasteiger partial charge in [-0.05, 0) is 53.9 Å². The fraction of sp³-hybridized carbons (Fsp3) is 0.0769. The summed E-state index contributed by atoms with van der Waals surface area (Å²) in [7, 11) is 0. The topological polar surface area (TPSA) is 0 Å². The van der Waals surface area contributed by atoms with Crippen LogP contribution in [0, 0.1) is 36.4 Å². The predicted octanol–water partition coefficient (Wildman–Crippen LogP) is 2.08. The van der Waals surface area contributed by atoms with Gasteiger partial charge in [0.15, 0.2) is 0 Å². The molecule has 0 aliphatic carbocycles. The zero-order valence-electron chi connectivity index (χ0n) is 7.02. The summed E-state index contributed by atoms with van der Waals surface area (Å²) in [6.45, 7) is 0. The highest BCUT2D eigenvalue weighted by atomic mass is 14.0. The third-order valence-electron chi connectivity index (χ3n) is 1.71. The Morgan fingerprint density at radius 3 is 1.77 bits per heavy atom. The van der Waals surface area contributed by atoms with Crippen LogP contribution in [0.1, 0.15) is 11.1 Å². The zero-order valence-corrected chi connectivity index (χ0v) is 7.02. The Morgan fingerprint density at radius 1 is 0.846 bits per heavy atom. The van der Waals surface area contributed by atoms with E-state index in [0.717, 1.165) is 17.5 Å². The number of rotatable bonds is 2. The number of hydrogen-bond acceptors (Lipinski definition) is 0. The maximum Gasteiger partial charge on any atom is -0.00108 e. The average Bonchev–Trinajstić information content (AvgIpc) is 2.21. The van der Waals surface area contributed by atoms with Gasteiger partial charge in [-0.15, -0.1) is 0 Å². The highest BCUT2D eigenvalue weighted by Gasteiger charge is 1.94. The lowest BCUT2D eigenvalue weighted by molar-refractivity contribution is 1.18. The molecule has 2 aromatic rings. The van der Waals surface area contributed by atoms with Gasteiger partial charge in [0.2, 0.25) is 0 Å². The van der Waals surface area contributed by atoms with Crippen molar-refractivity contribution in [3.8, 4) is 0 Å². The summed E-state index contributed by atoms with van der Waals surface area (Å²) in [5, 5.41) is 0. The van der Waals surface area contributed by atoms with Gasteiger partial charge in [-0.1, -0.05) is 24.3 Å². The fourth-order valence-corrected chi connectivity index (χ4v) is 1.10. The van der Waals surface area contributed by atoms with E-state index in [2.05, 4.69) is 36.4 Å². The van der Waals surface area contributed by atoms with Crippen molar-refractivity contribution in [3.05, 3.63) is 71.8 Å². The van der Waals surface area contributed by atoms with Gasteiger partial charge in [0.05, 0.1) is 0 Å². The van der Waals surface area contributed by atoms with Gasteiger partial charge >= 0.3 is 0 Å². The Morgan fingerprint density at radius 2 is 1.38 bits per heavy atom. The lowest BCUT2D eigenvalue weighted by atomic mass is 10.1. The minimum atomic E-state index is 0.816.